The van der Waals surface area contributed by atoms with E-state index in [0.717, 1.165) is 16.4 Å². The number of morpholine rings is 1. The van der Waals surface area contributed by atoms with Crippen LogP contribution in [0.3, 0.4) is 0 Å². The SMILES string of the molecule is O=C(Nc1cc(Cl)ccc1Cl)c1ccc(F)c(S(=O)(=O)N2CCOCC2)c1. The second-order valence-electron chi connectivity index (χ2n) is 5.74. The number of hydrogen-bond donors (Lipinski definition) is 1. The Morgan fingerprint density at radius 3 is 2.52 bits per heavy atom. The van der Waals surface area contributed by atoms with Crippen LogP contribution >= 0.6 is 23.2 Å². The number of anilines is 1. The van der Waals surface area contributed by atoms with Gasteiger partial charge in [-0.1, -0.05) is 23.2 Å². The molecule has 0 atom stereocenters. The third kappa shape index (κ3) is 4.41. The molecule has 0 aliphatic carbocycles. The van der Waals surface area contributed by atoms with E-state index in [1.165, 1.54) is 18.2 Å². The van der Waals surface area contributed by atoms with Gasteiger partial charge in [-0.25, -0.2) is 12.8 Å². The van der Waals surface area contributed by atoms with Crippen LogP contribution in [0.15, 0.2) is 41.3 Å². The summed E-state index contributed by atoms with van der Waals surface area (Å²) in [7, 11) is -4.09. The molecule has 0 bridgehead atoms. The zero-order valence-electron chi connectivity index (χ0n) is 13.9. The van der Waals surface area contributed by atoms with Crippen LogP contribution < -0.4 is 5.32 Å². The fourth-order valence-corrected chi connectivity index (χ4v) is 4.39. The predicted molar refractivity (Wildman–Crippen MR) is 100 cm³/mol. The first kappa shape index (κ1) is 20.0. The van der Waals surface area contributed by atoms with Gasteiger partial charge in [0, 0.05) is 23.7 Å². The van der Waals surface area contributed by atoms with Gasteiger partial charge in [-0.15, -0.1) is 0 Å². The highest BCUT2D eigenvalue weighted by Crippen LogP contribution is 2.27. The van der Waals surface area contributed by atoms with E-state index in [0.29, 0.717) is 5.02 Å². The number of hydrogen-bond acceptors (Lipinski definition) is 4. The van der Waals surface area contributed by atoms with Crippen molar-refractivity contribution >= 4 is 44.8 Å². The maximum atomic E-state index is 14.2. The Morgan fingerprint density at radius 2 is 1.81 bits per heavy atom. The van der Waals surface area contributed by atoms with Gasteiger partial charge >= 0.3 is 0 Å². The van der Waals surface area contributed by atoms with Crippen molar-refractivity contribution in [1.82, 2.24) is 4.31 Å². The number of sulfonamides is 1. The molecule has 6 nitrogen and oxygen atoms in total. The Morgan fingerprint density at radius 1 is 1.11 bits per heavy atom. The second kappa shape index (κ2) is 8.12. The maximum absolute atomic E-state index is 14.2. The van der Waals surface area contributed by atoms with Crippen molar-refractivity contribution in [3.05, 3.63) is 57.8 Å². The molecule has 1 amide bonds. The van der Waals surface area contributed by atoms with Crippen LogP contribution in [0.25, 0.3) is 0 Å². The van der Waals surface area contributed by atoms with Crippen molar-refractivity contribution in [2.75, 3.05) is 31.6 Å². The predicted octanol–water partition coefficient (Wildman–Crippen LogP) is 3.41. The minimum absolute atomic E-state index is 0.0284. The largest absolute Gasteiger partial charge is 0.379 e. The van der Waals surface area contributed by atoms with E-state index in [9.17, 15) is 17.6 Å². The van der Waals surface area contributed by atoms with Gasteiger partial charge < -0.3 is 10.1 Å². The maximum Gasteiger partial charge on any atom is 0.255 e. The molecule has 0 radical (unpaired) electrons. The zero-order valence-corrected chi connectivity index (χ0v) is 16.2. The Bertz CT molecular complexity index is 979. The normalized spacial score (nSPS) is 15.5. The summed E-state index contributed by atoms with van der Waals surface area (Å²) in [6, 6.07) is 7.68. The molecule has 27 heavy (non-hydrogen) atoms. The number of carbonyl (C=O) groups is 1. The number of benzene rings is 2. The molecule has 10 heteroatoms. The van der Waals surface area contributed by atoms with E-state index < -0.39 is 26.6 Å². The Balaban J connectivity index is 1.90. The topological polar surface area (TPSA) is 75.7 Å². The van der Waals surface area contributed by atoms with Crippen molar-refractivity contribution in [3.63, 3.8) is 0 Å². The van der Waals surface area contributed by atoms with Gasteiger partial charge in [0.25, 0.3) is 5.91 Å². The molecule has 1 heterocycles. The van der Waals surface area contributed by atoms with Gasteiger partial charge in [-0.2, -0.15) is 4.31 Å². The molecule has 0 saturated carbocycles. The van der Waals surface area contributed by atoms with Crippen molar-refractivity contribution < 1.29 is 22.3 Å². The molecular weight excluding hydrogens is 418 g/mol. The third-order valence-corrected chi connectivity index (χ3v) is 6.44. The van der Waals surface area contributed by atoms with E-state index >= 15 is 0 Å². The molecular formula is C17H15Cl2FN2O4S. The smallest absolute Gasteiger partial charge is 0.255 e. The molecule has 0 spiro atoms. The van der Waals surface area contributed by atoms with Crippen LogP contribution in [0.5, 0.6) is 0 Å². The summed E-state index contributed by atoms with van der Waals surface area (Å²) in [5, 5.41) is 3.16. The van der Waals surface area contributed by atoms with Crippen LogP contribution in [-0.4, -0.2) is 44.9 Å². The van der Waals surface area contributed by atoms with Gasteiger partial charge in [-0.05, 0) is 36.4 Å². The summed E-state index contributed by atoms with van der Waals surface area (Å²) in [6.07, 6.45) is 0. The first-order valence-corrected chi connectivity index (χ1v) is 10.1. The summed E-state index contributed by atoms with van der Waals surface area (Å²) < 4.78 is 45.9. The number of amides is 1. The number of carbonyl (C=O) groups excluding carboxylic acids is 1. The standard InChI is InChI=1S/C17H15Cl2FN2O4S/c18-12-2-3-13(19)15(10-12)21-17(23)11-1-4-14(20)16(9-11)27(24,25)22-5-7-26-8-6-22/h1-4,9-10H,5-8H2,(H,21,23). The summed E-state index contributed by atoms with van der Waals surface area (Å²) in [5.74, 6) is -1.57. The molecule has 0 aromatic heterocycles. The van der Waals surface area contributed by atoms with Crippen molar-refractivity contribution in [2.24, 2.45) is 0 Å². The first-order chi connectivity index (χ1) is 12.8. The average molecular weight is 433 g/mol. The highest BCUT2D eigenvalue weighted by molar-refractivity contribution is 7.89. The van der Waals surface area contributed by atoms with Crippen LogP contribution in [0.2, 0.25) is 10.0 Å². The Labute approximate surface area is 165 Å². The van der Waals surface area contributed by atoms with Crippen LogP contribution in [0.4, 0.5) is 10.1 Å². The minimum Gasteiger partial charge on any atom is -0.379 e. The lowest BCUT2D eigenvalue weighted by atomic mass is 10.2. The molecule has 1 aliphatic heterocycles. The summed E-state index contributed by atoms with van der Waals surface area (Å²) >= 11 is 11.9. The van der Waals surface area contributed by atoms with Crippen molar-refractivity contribution in [2.45, 2.75) is 4.90 Å². The average Bonchev–Trinajstić information content (AvgIpc) is 2.65. The lowest BCUT2D eigenvalue weighted by Crippen LogP contribution is -2.41. The molecule has 144 valence electrons. The number of nitrogens with zero attached hydrogens (tertiary/aromatic N) is 1. The van der Waals surface area contributed by atoms with Gasteiger partial charge in [0.15, 0.2) is 0 Å². The van der Waals surface area contributed by atoms with Crippen LogP contribution in [-0.2, 0) is 14.8 Å². The highest BCUT2D eigenvalue weighted by atomic mass is 35.5. The van der Waals surface area contributed by atoms with E-state index in [-0.39, 0.29) is 42.6 Å². The molecule has 0 unspecified atom stereocenters. The lowest BCUT2D eigenvalue weighted by molar-refractivity contribution is 0.0729. The van der Waals surface area contributed by atoms with Crippen LogP contribution in [0.1, 0.15) is 10.4 Å². The molecule has 3 rings (SSSR count). The molecule has 2 aromatic carbocycles. The lowest BCUT2D eigenvalue weighted by Gasteiger charge is -2.26. The van der Waals surface area contributed by atoms with Crippen LogP contribution in [0, 0.1) is 5.82 Å². The third-order valence-electron chi connectivity index (χ3n) is 3.96. The van der Waals surface area contributed by atoms with Gasteiger partial charge in [-0.3, -0.25) is 4.79 Å². The quantitative estimate of drug-likeness (QED) is 0.802. The van der Waals surface area contributed by atoms with E-state index in [1.54, 1.807) is 6.07 Å². The Kier molecular flexibility index (Phi) is 6.02. The second-order valence-corrected chi connectivity index (χ2v) is 8.49. The zero-order chi connectivity index (χ0) is 19.6. The van der Waals surface area contributed by atoms with E-state index in [2.05, 4.69) is 5.32 Å². The summed E-state index contributed by atoms with van der Waals surface area (Å²) in [6.45, 7) is 0.704. The van der Waals surface area contributed by atoms with Gasteiger partial charge in [0.2, 0.25) is 10.0 Å². The summed E-state index contributed by atoms with van der Waals surface area (Å²) in [5.41, 5.74) is 0.232. The number of ether oxygens (including phenoxy) is 1. The fourth-order valence-electron chi connectivity index (χ4n) is 2.56. The van der Waals surface area contributed by atoms with E-state index in [4.69, 9.17) is 27.9 Å². The molecule has 1 fully saturated rings. The van der Waals surface area contributed by atoms with E-state index in [1.807, 2.05) is 0 Å². The molecule has 1 N–H and O–H groups in total. The molecule has 1 aliphatic rings. The summed E-state index contributed by atoms with van der Waals surface area (Å²) in [4.78, 5) is 11.9. The first-order valence-electron chi connectivity index (χ1n) is 7.93. The highest BCUT2D eigenvalue weighted by Gasteiger charge is 2.29. The van der Waals surface area contributed by atoms with Gasteiger partial charge in [0.1, 0.15) is 10.7 Å². The number of nitrogens with one attached hydrogen (secondary N) is 1. The van der Waals surface area contributed by atoms with Crippen molar-refractivity contribution in [1.29, 1.82) is 0 Å². The minimum atomic E-state index is -4.09. The van der Waals surface area contributed by atoms with Crippen molar-refractivity contribution in [3.8, 4) is 0 Å². The Hall–Kier alpha value is -1.71. The molecule has 1 saturated heterocycles. The number of halogens is 3. The molecule has 2 aromatic rings. The fraction of sp³-hybridized carbons (Fsp3) is 0.235. The van der Waals surface area contributed by atoms with Gasteiger partial charge in [0.05, 0.1) is 23.9 Å². The number of rotatable bonds is 4. The monoisotopic (exact) mass is 432 g/mol.